The molecule has 1 atom stereocenters. The average Bonchev–Trinajstić information content (AvgIpc) is 3.43. The van der Waals surface area contributed by atoms with Crippen LogP contribution in [0.2, 0.25) is 0 Å². The summed E-state index contributed by atoms with van der Waals surface area (Å²) in [6.45, 7) is 6.64. The van der Waals surface area contributed by atoms with Gasteiger partial charge in [-0.15, -0.1) is 0 Å². The maximum atomic E-state index is 12.9. The standard InChI is InChI=1S/C71H128O6/c1-4-7-10-13-16-19-22-25-28-31-34-35-38-40-43-46-49-52-55-58-61-64-70(73)76-67-68(77-71(74)65-62-59-56-53-50-47-44-41-37-33-30-27-24-21-18-15-12-9-6-3)66-75-69(72)63-60-57-54-51-48-45-42-39-36-32-29-26-23-20-17-14-11-8-5-2/h17-18,20-21,26-27,29-31,34,68H,4-16,19,22-25,28,32-33,35-67H2,1-3H3/b20-17-,21-18-,29-26-,30-27-,34-31-. The van der Waals surface area contributed by atoms with Gasteiger partial charge < -0.3 is 14.2 Å². The molecule has 0 aliphatic carbocycles. The summed E-state index contributed by atoms with van der Waals surface area (Å²) in [6, 6.07) is 0. The van der Waals surface area contributed by atoms with Crippen molar-refractivity contribution >= 4 is 17.9 Å². The van der Waals surface area contributed by atoms with Crippen molar-refractivity contribution < 1.29 is 28.6 Å². The third-order valence-electron chi connectivity index (χ3n) is 15.0. The fourth-order valence-corrected chi connectivity index (χ4v) is 9.85. The Kier molecular flexibility index (Phi) is 63.2. The molecule has 0 radical (unpaired) electrons. The molecule has 0 aromatic carbocycles. The van der Waals surface area contributed by atoms with Crippen LogP contribution in [0.1, 0.15) is 355 Å². The molecule has 6 nitrogen and oxygen atoms in total. The van der Waals surface area contributed by atoms with Gasteiger partial charge >= 0.3 is 17.9 Å². The molecule has 0 aromatic heterocycles. The van der Waals surface area contributed by atoms with Gasteiger partial charge in [0.25, 0.3) is 0 Å². The number of unbranched alkanes of at least 4 members (excludes halogenated alkanes) is 41. The number of allylic oxidation sites excluding steroid dienone is 10. The summed E-state index contributed by atoms with van der Waals surface area (Å²) in [4.78, 5) is 38.4. The summed E-state index contributed by atoms with van der Waals surface area (Å²) in [5, 5.41) is 0. The number of esters is 3. The zero-order valence-corrected chi connectivity index (χ0v) is 51.5. The fourth-order valence-electron chi connectivity index (χ4n) is 9.85. The number of hydrogen-bond donors (Lipinski definition) is 0. The van der Waals surface area contributed by atoms with Crippen molar-refractivity contribution in [1.29, 1.82) is 0 Å². The smallest absolute Gasteiger partial charge is 0.306 e. The molecule has 0 amide bonds. The highest BCUT2D eigenvalue weighted by Gasteiger charge is 2.19. The highest BCUT2D eigenvalue weighted by Crippen LogP contribution is 2.17. The minimum atomic E-state index is -0.780. The summed E-state index contributed by atoms with van der Waals surface area (Å²) < 4.78 is 17.0. The van der Waals surface area contributed by atoms with Crippen molar-refractivity contribution in [3.8, 4) is 0 Å². The van der Waals surface area contributed by atoms with E-state index < -0.39 is 6.10 Å². The van der Waals surface area contributed by atoms with Crippen LogP contribution < -0.4 is 0 Å². The second-order valence-electron chi connectivity index (χ2n) is 22.7. The van der Waals surface area contributed by atoms with Gasteiger partial charge in [-0.2, -0.15) is 0 Å². The summed E-state index contributed by atoms with van der Waals surface area (Å²) in [5.41, 5.74) is 0. The predicted molar refractivity (Wildman–Crippen MR) is 335 cm³/mol. The van der Waals surface area contributed by atoms with Crippen LogP contribution in [0.3, 0.4) is 0 Å². The first-order chi connectivity index (χ1) is 38.0. The largest absolute Gasteiger partial charge is 0.462 e. The number of rotatable bonds is 62. The van der Waals surface area contributed by atoms with Crippen LogP contribution in [0.4, 0.5) is 0 Å². The van der Waals surface area contributed by atoms with Crippen LogP contribution in [-0.4, -0.2) is 37.2 Å². The highest BCUT2D eigenvalue weighted by molar-refractivity contribution is 5.71. The molecule has 0 saturated heterocycles. The summed E-state index contributed by atoms with van der Waals surface area (Å²) in [5.74, 6) is -0.866. The monoisotopic (exact) mass is 1080 g/mol. The van der Waals surface area contributed by atoms with E-state index in [9.17, 15) is 14.4 Å². The molecule has 0 saturated carbocycles. The molecule has 1 unspecified atom stereocenters. The van der Waals surface area contributed by atoms with Crippen molar-refractivity contribution in [3.05, 3.63) is 60.8 Å². The van der Waals surface area contributed by atoms with Gasteiger partial charge in [-0.05, 0) is 109 Å². The molecule has 0 aliphatic heterocycles. The molecule has 0 bridgehead atoms. The van der Waals surface area contributed by atoms with Crippen molar-refractivity contribution in [2.45, 2.75) is 361 Å². The molecule has 0 fully saturated rings. The van der Waals surface area contributed by atoms with E-state index in [2.05, 4.69) is 81.5 Å². The fraction of sp³-hybridized carbons (Fsp3) is 0.817. The lowest BCUT2D eigenvalue weighted by Crippen LogP contribution is -2.30. The van der Waals surface area contributed by atoms with Crippen LogP contribution in [0.5, 0.6) is 0 Å². The number of carbonyl (C=O) groups is 3. The lowest BCUT2D eigenvalue weighted by molar-refractivity contribution is -0.167. The topological polar surface area (TPSA) is 78.9 Å². The lowest BCUT2D eigenvalue weighted by Gasteiger charge is -2.18. The molecule has 0 aromatic rings. The van der Waals surface area contributed by atoms with Crippen LogP contribution in [0.15, 0.2) is 60.8 Å². The first kappa shape index (κ1) is 74.1. The van der Waals surface area contributed by atoms with Crippen molar-refractivity contribution in [2.24, 2.45) is 0 Å². The highest BCUT2D eigenvalue weighted by atomic mass is 16.6. The van der Waals surface area contributed by atoms with Gasteiger partial charge in [0.05, 0.1) is 0 Å². The van der Waals surface area contributed by atoms with Crippen molar-refractivity contribution in [1.82, 2.24) is 0 Å². The SMILES string of the molecule is CCCCC/C=C\C/C=C\CCCCCCCCCCCC(=O)OCC(COC(=O)CCCCCCCCCCC/C=C\CCCCCCCCCC)OC(=O)CCCCCCCCCCC/C=C\C/C=C\CCCCC. The van der Waals surface area contributed by atoms with Gasteiger partial charge in [0, 0.05) is 19.3 Å². The minimum absolute atomic E-state index is 0.0761. The van der Waals surface area contributed by atoms with E-state index in [1.165, 1.54) is 244 Å². The van der Waals surface area contributed by atoms with E-state index in [0.717, 1.165) is 70.6 Å². The Bertz CT molecular complexity index is 1380. The molecule has 0 rings (SSSR count). The molecule has 448 valence electrons. The average molecular weight is 1080 g/mol. The first-order valence-corrected chi connectivity index (χ1v) is 33.8. The second-order valence-corrected chi connectivity index (χ2v) is 22.7. The zero-order chi connectivity index (χ0) is 55.7. The van der Waals surface area contributed by atoms with Gasteiger partial charge in [0.2, 0.25) is 0 Å². The van der Waals surface area contributed by atoms with Crippen molar-refractivity contribution in [2.75, 3.05) is 13.2 Å². The number of hydrogen-bond acceptors (Lipinski definition) is 6. The minimum Gasteiger partial charge on any atom is -0.462 e. The summed E-state index contributed by atoms with van der Waals surface area (Å²) in [7, 11) is 0. The number of carbonyl (C=O) groups excluding carboxylic acids is 3. The van der Waals surface area contributed by atoms with E-state index >= 15 is 0 Å². The summed E-state index contributed by atoms with van der Waals surface area (Å²) in [6.07, 6.45) is 83.7. The quantitative estimate of drug-likeness (QED) is 0.0261. The molecular weight excluding hydrogens is 949 g/mol. The van der Waals surface area contributed by atoms with E-state index in [-0.39, 0.29) is 31.1 Å². The van der Waals surface area contributed by atoms with Gasteiger partial charge in [0.1, 0.15) is 13.2 Å². The van der Waals surface area contributed by atoms with Gasteiger partial charge in [-0.1, -0.05) is 287 Å². The molecule has 77 heavy (non-hydrogen) atoms. The first-order valence-electron chi connectivity index (χ1n) is 33.8. The molecule has 0 spiro atoms. The Morgan fingerprint density at radius 1 is 0.260 bits per heavy atom. The summed E-state index contributed by atoms with van der Waals surface area (Å²) >= 11 is 0. The molecular formula is C71H128O6. The Labute approximate surface area is 479 Å². The second kappa shape index (κ2) is 65.6. The van der Waals surface area contributed by atoms with Crippen LogP contribution in [0.25, 0.3) is 0 Å². The van der Waals surface area contributed by atoms with Gasteiger partial charge in [-0.25, -0.2) is 0 Å². The Morgan fingerprint density at radius 2 is 0.468 bits per heavy atom. The van der Waals surface area contributed by atoms with E-state index in [4.69, 9.17) is 14.2 Å². The molecule has 0 N–H and O–H groups in total. The lowest BCUT2D eigenvalue weighted by atomic mass is 10.1. The van der Waals surface area contributed by atoms with Gasteiger partial charge in [0.15, 0.2) is 6.10 Å². The van der Waals surface area contributed by atoms with Crippen LogP contribution in [-0.2, 0) is 28.6 Å². The maximum Gasteiger partial charge on any atom is 0.306 e. The van der Waals surface area contributed by atoms with Crippen LogP contribution in [0, 0.1) is 0 Å². The molecule has 0 heterocycles. The van der Waals surface area contributed by atoms with E-state index in [0.29, 0.717) is 19.3 Å². The van der Waals surface area contributed by atoms with E-state index in [1.54, 1.807) is 0 Å². The van der Waals surface area contributed by atoms with Gasteiger partial charge in [-0.3, -0.25) is 14.4 Å². The Hall–Kier alpha value is -2.89. The normalized spacial score (nSPS) is 12.4. The Balaban J connectivity index is 4.36. The predicted octanol–water partition coefficient (Wildman–Crippen LogP) is 23.1. The van der Waals surface area contributed by atoms with Crippen LogP contribution >= 0.6 is 0 Å². The number of ether oxygens (including phenoxy) is 3. The van der Waals surface area contributed by atoms with E-state index in [1.807, 2.05) is 0 Å². The zero-order valence-electron chi connectivity index (χ0n) is 51.5. The third-order valence-corrected chi connectivity index (χ3v) is 15.0. The third kappa shape index (κ3) is 63.8. The molecule has 0 aliphatic rings. The Morgan fingerprint density at radius 3 is 0.753 bits per heavy atom. The maximum absolute atomic E-state index is 12.9. The van der Waals surface area contributed by atoms with Crippen molar-refractivity contribution in [3.63, 3.8) is 0 Å². The molecule has 6 heteroatoms.